The van der Waals surface area contributed by atoms with Gasteiger partial charge in [-0.1, -0.05) is 60.7 Å². The average Bonchev–Trinajstić information content (AvgIpc) is 3.07. The molecule has 3 aromatic carbocycles. The molecule has 0 aliphatic rings. The SMILES string of the molecule is CC(C)Oc1ccc2c(C(=O)c3ccccc3)c(-c3ccccc3)sc2c1. The van der Waals surface area contributed by atoms with Gasteiger partial charge in [-0.3, -0.25) is 4.79 Å². The molecule has 0 amide bonds. The van der Waals surface area contributed by atoms with Gasteiger partial charge in [-0.05, 0) is 37.6 Å². The van der Waals surface area contributed by atoms with Gasteiger partial charge in [-0.15, -0.1) is 11.3 Å². The molecule has 1 aromatic heterocycles. The standard InChI is InChI=1S/C24H20O2S/c1-16(2)26-19-13-14-20-21(15-19)27-24(18-11-7-4-8-12-18)22(20)23(25)17-9-5-3-6-10-17/h3-16H,1-2H3. The molecule has 0 bridgehead atoms. The maximum atomic E-state index is 13.4. The van der Waals surface area contributed by atoms with Crippen molar-refractivity contribution < 1.29 is 9.53 Å². The van der Waals surface area contributed by atoms with Gasteiger partial charge >= 0.3 is 0 Å². The maximum absolute atomic E-state index is 13.4. The smallest absolute Gasteiger partial charge is 0.195 e. The summed E-state index contributed by atoms with van der Waals surface area (Å²) in [6, 6.07) is 25.6. The molecule has 0 spiro atoms. The fourth-order valence-electron chi connectivity index (χ4n) is 3.17. The summed E-state index contributed by atoms with van der Waals surface area (Å²) in [6.07, 6.45) is 0.112. The van der Waals surface area contributed by atoms with Gasteiger partial charge in [-0.2, -0.15) is 0 Å². The minimum atomic E-state index is 0.0539. The Morgan fingerprint density at radius 3 is 2.22 bits per heavy atom. The maximum Gasteiger partial charge on any atom is 0.195 e. The van der Waals surface area contributed by atoms with Crippen LogP contribution in [-0.2, 0) is 0 Å². The highest BCUT2D eigenvalue weighted by atomic mass is 32.1. The second kappa shape index (κ2) is 7.37. The van der Waals surface area contributed by atoms with Crippen LogP contribution in [0.1, 0.15) is 29.8 Å². The molecule has 4 aromatic rings. The molecule has 4 rings (SSSR count). The van der Waals surface area contributed by atoms with Crippen LogP contribution in [0.15, 0.2) is 78.9 Å². The lowest BCUT2D eigenvalue weighted by Gasteiger charge is -2.09. The first kappa shape index (κ1) is 17.5. The molecule has 0 fully saturated rings. The Kier molecular flexibility index (Phi) is 4.78. The number of carbonyl (C=O) groups excluding carboxylic acids is 1. The third kappa shape index (κ3) is 3.51. The predicted octanol–water partition coefficient (Wildman–Crippen LogP) is 6.59. The Morgan fingerprint density at radius 2 is 1.56 bits per heavy atom. The van der Waals surface area contributed by atoms with Crippen molar-refractivity contribution in [2.75, 3.05) is 0 Å². The quantitative estimate of drug-likeness (QED) is 0.370. The van der Waals surface area contributed by atoms with Crippen LogP contribution >= 0.6 is 11.3 Å². The van der Waals surface area contributed by atoms with Crippen molar-refractivity contribution in [1.29, 1.82) is 0 Å². The number of benzene rings is 3. The van der Waals surface area contributed by atoms with E-state index in [1.54, 1.807) is 11.3 Å². The van der Waals surface area contributed by atoms with E-state index in [2.05, 4.69) is 12.1 Å². The highest BCUT2D eigenvalue weighted by Gasteiger charge is 2.21. The number of hydrogen-bond donors (Lipinski definition) is 0. The van der Waals surface area contributed by atoms with Crippen LogP contribution in [-0.4, -0.2) is 11.9 Å². The molecule has 27 heavy (non-hydrogen) atoms. The fourth-order valence-corrected chi connectivity index (χ4v) is 4.41. The number of fused-ring (bicyclic) bond motifs is 1. The van der Waals surface area contributed by atoms with Crippen molar-refractivity contribution in [1.82, 2.24) is 0 Å². The van der Waals surface area contributed by atoms with Crippen LogP contribution in [0.4, 0.5) is 0 Å². The van der Waals surface area contributed by atoms with Crippen LogP contribution < -0.4 is 4.74 Å². The highest BCUT2D eigenvalue weighted by molar-refractivity contribution is 7.22. The molecule has 0 aliphatic heterocycles. The van der Waals surface area contributed by atoms with Gasteiger partial charge in [0.15, 0.2) is 5.78 Å². The zero-order valence-electron chi connectivity index (χ0n) is 15.3. The molecular formula is C24H20O2S. The van der Waals surface area contributed by atoms with Crippen molar-refractivity contribution in [2.45, 2.75) is 20.0 Å². The van der Waals surface area contributed by atoms with Gasteiger partial charge in [0, 0.05) is 26.1 Å². The highest BCUT2D eigenvalue weighted by Crippen LogP contribution is 2.41. The van der Waals surface area contributed by atoms with Gasteiger partial charge < -0.3 is 4.74 Å². The van der Waals surface area contributed by atoms with Crippen molar-refractivity contribution in [2.24, 2.45) is 0 Å². The topological polar surface area (TPSA) is 26.3 Å². The molecule has 0 atom stereocenters. The second-order valence-electron chi connectivity index (χ2n) is 6.69. The van der Waals surface area contributed by atoms with Gasteiger partial charge in [0.1, 0.15) is 5.75 Å². The number of carbonyl (C=O) groups is 1. The molecule has 134 valence electrons. The fraction of sp³-hybridized carbons (Fsp3) is 0.125. The normalized spacial score (nSPS) is 11.1. The molecule has 1 heterocycles. The summed E-state index contributed by atoms with van der Waals surface area (Å²) >= 11 is 1.64. The summed E-state index contributed by atoms with van der Waals surface area (Å²) in [7, 11) is 0. The number of thiophene rings is 1. The molecule has 0 saturated carbocycles. The first-order valence-corrected chi connectivity index (χ1v) is 9.83. The number of ketones is 1. The Hall–Kier alpha value is -2.91. The Balaban J connectivity index is 1.92. The van der Waals surface area contributed by atoms with Crippen LogP contribution in [0, 0.1) is 0 Å². The summed E-state index contributed by atoms with van der Waals surface area (Å²) in [5.41, 5.74) is 2.53. The van der Waals surface area contributed by atoms with Crippen molar-refractivity contribution in [3.8, 4) is 16.2 Å². The van der Waals surface area contributed by atoms with E-state index in [4.69, 9.17) is 4.74 Å². The summed E-state index contributed by atoms with van der Waals surface area (Å²) in [5.74, 6) is 0.885. The van der Waals surface area contributed by atoms with Crippen molar-refractivity contribution in [3.05, 3.63) is 90.0 Å². The Morgan fingerprint density at radius 1 is 0.889 bits per heavy atom. The lowest BCUT2D eigenvalue weighted by atomic mass is 9.97. The zero-order valence-corrected chi connectivity index (χ0v) is 16.1. The largest absolute Gasteiger partial charge is 0.491 e. The van der Waals surface area contributed by atoms with E-state index in [0.29, 0.717) is 5.56 Å². The molecular weight excluding hydrogens is 352 g/mol. The van der Waals surface area contributed by atoms with Crippen LogP contribution in [0.25, 0.3) is 20.5 Å². The van der Waals surface area contributed by atoms with E-state index >= 15 is 0 Å². The molecule has 0 aliphatic carbocycles. The molecule has 0 N–H and O–H groups in total. The average molecular weight is 372 g/mol. The molecule has 0 saturated heterocycles. The van der Waals surface area contributed by atoms with E-state index in [1.807, 2.05) is 80.6 Å². The minimum Gasteiger partial charge on any atom is -0.491 e. The third-order valence-corrected chi connectivity index (χ3v) is 5.53. The summed E-state index contributed by atoms with van der Waals surface area (Å²) < 4.78 is 6.91. The van der Waals surface area contributed by atoms with E-state index in [0.717, 1.165) is 31.8 Å². The zero-order chi connectivity index (χ0) is 18.8. The minimum absolute atomic E-state index is 0.0539. The van der Waals surface area contributed by atoms with E-state index in [1.165, 1.54) is 0 Å². The van der Waals surface area contributed by atoms with Crippen molar-refractivity contribution >= 4 is 27.2 Å². The predicted molar refractivity (Wildman–Crippen MR) is 113 cm³/mol. The number of rotatable bonds is 5. The summed E-state index contributed by atoms with van der Waals surface area (Å²) in [6.45, 7) is 4.02. The number of hydrogen-bond acceptors (Lipinski definition) is 3. The lowest BCUT2D eigenvalue weighted by molar-refractivity contribution is 0.104. The van der Waals surface area contributed by atoms with Crippen LogP contribution in [0.2, 0.25) is 0 Å². The summed E-state index contributed by atoms with van der Waals surface area (Å²) in [4.78, 5) is 14.4. The molecule has 0 radical (unpaired) electrons. The third-order valence-electron chi connectivity index (χ3n) is 4.33. The molecule has 3 heteroatoms. The van der Waals surface area contributed by atoms with E-state index in [9.17, 15) is 4.79 Å². The Bertz CT molecular complexity index is 1080. The summed E-state index contributed by atoms with van der Waals surface area (Å²) in [5, 5.41) is 0.976. The van der Waals surface area contributed by atoms with Crippen LogP contribution in [0.3, 0.4) is 0 Å². The van der Waals surface area contributed by atoms with E-state index in [-0.39, 0.29) is 11.9 Å². The Labute approximate surface area is 163 Å². The van der Waals surface area contributed by atoms with Crippen molar-refractivity contribution in [3.63, 3.8) is 0 Å². The first-order valence-electron chi connectivity index (χ1n) is 9.02. The van der Waals surface area contributed by atoms with Gasteiger partial charge in [0.25, 0.3) is 0 Å². The molecule has 0 unspecified atom stereocenters. The molecule has 2 nitrogen and oxygen atoms in total. The van der Waals surface area contributed by atoms with Gasteiger partial charge in [0.2, 0.25) is 0 Å². The first-order chi connectivity index (χ1) is 13.1. The van der Waals surface area contributed by atoms with Crippen LogP contribution in [0.5, 0.6) is 5.75 Å². The monoisotopic (exact) mass is 372 g/mol. The van der Waals surface area contributed by atoms with Gasteiger partial charge in [0.05, 0.1) is 6.10 Å². The van der Waals surface area contributed by atoms with Gasteiger partial charge in [-0.25, -0.2) is 0 Å². The van der Waals surface area contributed by atoms with E-state index < -0.39 is 0 Å². The second-order valence-corrected chi connectivity index (χ2v) is 7.74. The lowest BCUT2D eigenvalue weighted by Crippen LogP contribution is -2.05. The number of ether oxygens (including phenoxy) is 1.